The molecule has 4 heteroatoms. The predicted molar refractivity (Wildman–Crippen MR) is 80.1 cm³/mol. The molecule has 1 fully saturated rings. The number of nitrogens with one attached hydrogen (secondary N) is 1. The van der Waals surface area contributed by atoms with Crippen LogP contribution in [0.1, 0.15) is 23.2 Å². The van der Waals surface area contributed by atoms with Gasteiger partial charge in [-0.1, -0.05) is 18.2 Å². The summed E-state index contributed by atoms with van der Waals surface area (Å²) >= 11 is 0. The lowest BCUT2D eigenvalue weighted by Crippen LogP contribution is -2.19. The highest BCUT2D eigenvalue weighted by Gasteiger charge is 2.13. The number of benzene rings is 1. The summed E-state index contributed by atoms with van der Waals surface area (Å²) in [4.78, 5) is 18.7. The lowest BCUT2D eigenvalue weighted by molar-refractivity contribution is 0.102. The van der Waals surface area contributed by atoms with Gasteiger partial charge in [0.2, 0.25) is 0 Å². The summed E-state index contributed by atoms with van der Waals surface area (Å²) in [5.41, 5.74) is 1.37. The van der Waals surface area contributed by atoms with Crippen molar-refractivity contribution in [2.75, 3.05) is 23.3 Å². The van der Waals surface area contributed by atoms with Crippen molar-refractivity contribution < 1.29 is 4.79 Å². The van der Waals surface area contributed by atoms with Gasteiger partial charge < -0.3 is 10.2 Å². The standard InChI is InChI=1S/C16H17N3O/c20-16(13-6-2-1-3-7-13)18-14-8-9-15(17-12-14)19-10-4-5-11-19/h1-3,6-9,12H,4-5,10-11H2,(H,18,20). The first-order valence-electron chi connectivity index (χ1n) is 6.90. The van der Waals surface area contributed by atoms with Crippen LogP contribution in [0, 0.1) is 0 Å². The molecule has 1 N–H and O–H groups in total. The van der Waals surface area contributed by atoms with Crippen molar-refractivity contribution in [3.63, 3.8) is 0 Å². The smallest absolute Gasteiger partial charge is 0.255 e. The molecule has 2 aromatic rings. The number of nitrogens with zero attached hydrogens (tertiary/aromatic N) is 2. The van der Waals surface area contributed by atoms with Crippen LogP contribution in [0.4, 0.5) is 11.5 Å². The molecule has 1 amide bonds. The van der Waals surface area contributed by atoms with Gasteiger partial charge in [-0.3, -0.25) is 4.79 Å². The summed E-state index contributed by atoms with van der Waals surface area (Å²) in [5.74, 6) is 0.876. The fourth-order valence-corrected chi connectivity index (χ4v) is 2.39. The number of amides is 1. The lowest BCUT2D eigenvalue weighted by atomic mass is 10.2. The SMILES string of the molecule is O=C(Nc1ccc(N2CCCC2)nc1)c1ccccc1. The van der Waals surface area contributed by atoms with E-state index in [9.17, 15) is 4.79 Å². The molecule has 0 unspecified atom stereocenters. The third-order valence-corrected chi connectivity index (χ3v) is 3.47. The van der Waals surface area contributed by atoms with E-state index in [0.29, 0.717) is 5.56 Å². The number of pyridine rings is 1. The molecule has 4 nitrogen and oxygen atoms in total. The Balaban J connectivity index is 1.67. The van der Waals surface area contributed by atoms with Crippen molar-refractivity contribution in [1.82, 2.24) is 4.98 Å². The molecule has 0 saturated carbocycles. The van der Waals surface area contributed by atoms with E-state index in [1.54, 1.807) is 18.3 Å². The van der Waals surface area contributed by atoms with E-state index in [1.807, 2.05) is 30.3 Å². The van der Waals surface area contributed by atoms with Crippen LogP contribution in [-0.4, -0.2) is 24.0 Å². The Morgan fingerprint density at radius 3 is 2.45 bits per heavy atom. The van der Waals surface area contributed by atoms with E-state index < -0.39 is 0 Å². The van der Waals surface area contributed by atoms with Crippen molar-refractivity contribution in [3.05, 3.63) is 54.2 Å². The number of anilines is 2. The number of carbonyl (C=O) groups excluding carboxylic acids is 1. The second-order valence-corrected chi connectivity index (χ2v) is 4.92. The van der Waals surface area contributed by atoms with Gasteiger partial charge in [0.1, 0.15) is 5.82 Å². The highest BCUT2D eigenvalue weighted by molar-refractivity contribution is 6.04. The highest BCUT2D eigenvalue weighted by atomic mass is 16.1. The minimum atomic E-state index is -0.110. The van der Waals surface area contributed by atoms with Gasteiger partial charge in [-0.2, -0.15) is 0 Å². The molecule has 0 bridgehead atoms. The molecule has 1 saturated heterocycles. The van der Waals surface area contributed by atoms with Crippen LogP contribution in [0.3, 0.4) is 0 Å². The molecule has 3 rings (SSSR count). The van der Waals surface area contributed by atoms with Crippen molar-refractivity contribution >= 4 is 17.4 Å². The van der Waals surface area contributed by atoms with Gasteiger partial charge in [-0.25, -0.2) is 4.98 Å². The Kier molecular flexibility index (Phi) is 3.63. The first-order valence-corrected chi connectivity index (χ1v) is 6.90. The maximum absolute atomic E-state index is 12.0. The zero-order chi connectivity index (χ0) is 13.8. The third kappa shape index (κ3) is 2.79. The average molecular weight is 267 g/mol. The second kappa shape index (κ2) is 5.74. The van der Waals surface area contributed by atoms with Crippen molar-refractivity contribution in [2.24, 2.45) is 0 Å². The molecule has 0 spiro atoms. The number of rotatable bonds is 3. The molecule has 1 aromatic heterocycles. The molecule has 0 atom stereocenters. The van der Waals surface area contributed by atoms with Crippen molar-refractivity contribution in [2.45, 2.75) is 12.8 Å². The first-order chi connectivity index (χ1) is 9.83. The van der Waals surface area contributed by atoms with E-state index in [1.165, 1.54) is 12.8 Å². The third-order valence-electron chi connectivity index (χ3n) is 3.47. The van der Waals surface area contributed by atoms with Gasteiger partial charge in [0.05, 0.1) is 11.9 Å². The molecule has 2 heterocycles. The molecule has 20 heavy (non-hydrogen) atoms. The zero-order valence-electron chi connectivity index (χ0n) is 11.2. The highest BCUT2D eigenvalue weighted by Crippen LogP contribution is 2.19. The Morgan fingerprint density at radius 1 is 1.05 bits per heavy atom. The van der Waals surface area contributed by atoms with Crippen LogP contribution < -0.4 is 10.2 Å². The molecular weight excluding hydrogens is 250 g/mol. The Labute approximate surface area is 118 Å². The number of carbonyl (C=O) groups is 1. The Bertz CT molecular complexity index is 574. The molecule has 1 aliphatic heterocycles. The lowest BCUT2D eigenvalue weighted by Gasteiger charge is -2.16. The average Bonchev–Trinajstić information content (AvgIpc) is 3.03. The Morgan fingerprint density at radius 2 is 1.80 bits per heavy atom. The van der Waals surface area contributed by atoms with E-state index in [-0.39, 0.29) is 5.91 Å². The van der Waals surface area contributed by atoms with E-state index in [4.69, 9.17) is 0 Å². The minimum Gasteiger partial charge on any atom is -0.357 e. The fraction of sp³-hybridized carbons (Fsp3) is 0.250. The molecule has 1 aromatic carbocycles. The molecule has 0 radical (unpaired) electrons. The maximum atomic E-state index is 12.0. The van der Waals surface area contributed by atoms with Gasteiger partial charge in [0.25, 0.3) is 5.91 Å². The molecule has 102 valence electrons. The van der Waals surface area contributed by atoms with Crippen LogP contribution in [0.2, 0.25) is 0 Å². The van der Waals surface area contributed by atoms with E-state index in [0.717, 1.165) is 24.6 Å². The van der Waals surface area contributed by atoms with Crippen LogP contribution >= 0.6 is 0 Å². The quantitative estimate of drug-likeness (QED) is 0.930. The summed E-state index contributed by atoms with van der Waals surface area (Å²) in [7, 11) is 0. The van der Waals surface area contributed by atoms with Gasteiger partial charge in [-0.15, -0.1) is 0 Å². The fourth-order valence-electron chi connectivity index (χ4n) is 2.39. The predicted octanol–water partition coefficient (Wildman–Crippen LogP) is 2.93. The maximum Gasteiger partial charge on any atom is 0.255 e. The Hall–Kier alpha value is -2.36. The topological polar surface area (TPSA) is 45.2 Å². The van der Waals surface area contributed by atoms with Crippen LogP contribution in [-0.2, 0) is 0 Å². The minimum absolute atomic E-state index is 0.110. The molecule has 1 aliphatic rings. The molecular formula is C16H17N3O. The number of hydrogen-bond acceptors (Lipinski definition) is 3. The summed E-state index contributed by atoms with van der Waals surface area (Å²) in [6.45, 7) is 2.14. The summed E-state index contributed by atoms with van der Waals surface area (Å²) in [5, 5.41) is 2.86. The number of hydrogen-bond donors (Lipinski definition) is 1. The van der Waals surface area contributed by atoms with Crippen LogP contribution in [0.15, 0.2) is 48.7 Å². The first kappa shape index (κ1) is 12.7. The van der Waals surface area contributed by atoms with Gasteiger partial charge in [-0.05, 0) is 37.1 Å². The summed E-state index contributed by atoms with van der Waals surface area (Å²) < 4.78 is 0. The monoisotopic (exact) mass is 267 g/mol. The van der Waals surface area contributed by atoms with Gasteiger partial charge in [0, 0.05) is 18.7 Å². The van der Waals surface area contributed by atoms with E-state index >= 15 is 0 Å². The summed E-state index contributed by atoms with van der Waals surface area (Å²) in [6.07, 6.45) is 4.18. The summed E-state index contributed by atoms with van der Waals surface area (Å²) in [6, 6.07) is 13.0. The van der Waals surface area contributed by atoms with Gasteiger partial charge >= 0.3 is 0 Å². The largest absolute Gasteiger partial charge is 0.357 e. The second-order valence-electron chi connectivity index (χ2n) is 4.92. The van der Waals surface area contributed by atoms with Gasteiger partial charge in [0.15, 0.2) is 0 Å². The molecule has 0 aliphatic carbocycles. The van der Waals surface area contributed by atoms with E-state index in [2.05, 4.69) is 15.2 Å². The van der Waals surface area contributed by atoms with Crippen molar-refractivity contribution in [1.29, 1.82) is 0 Å². The van der Waals surface area contributed by atoms with Crippen LogP contribution in [0.25, 0.3) is 0 Å². The normalized spacial score (nSPS) is 14.3. The zero-order valence-corrected chi connectivity index (χ0v) is 11.2. The van der Waals surface area contributed by atoms with Crippen LogP contribution in [0.5, 0.6) is 0 Å². The number of aromatic nitrogens is 1. The van der Waals surface area contributed by atoms with Crippen molar-refractivity contribution in [3.8, 4) is 0 Å².